The molecule has 0 bridgehead atoms. The molecule has 0 spiro atoms. The number of hydrogen-bond acceptors (Lipinski definition) is 3. The SMILES string of the molecule is CC(C)COc1ccc(Cl)c(C(=O)N(C)c2c(Cl)cc(C(=O)O)cc2Cl)c1. The zero-order valence-corrected chi connectivity index (χ0v) is 17.2. The van der Waals surface area contributed by atoms with Gasteiger partial charge in [-0.05, 0) is 36.2 Å². The number of carbonyl (C=O) groups is 2. The quantitative estimate of drug-likeness (QED) is 0.642. The summed E-state index contributed by atoms with van der Waals surface area (Å²) in [6.45, 7) is 4.53. The van der Waals surface area contributed by atoms with Gasteiger partial charge in [0.2, 0.25) is 0 Å². The van der Waals surface area contributed by atoms with E-state index in [4.69, 9.17) is 44.6 Å². The van der Waals surface area contributed by atoms with E-state index in [0.717, 1.165) is 0 Å². The van der Waals surface area contributed by atoms with Gasteiger partial charge in [-0.15, -0.1) is 0 Å². The van der Waals surface area contributed by atoms with Crippen molar-refractivity contribution in [3.63, 3.8) is 0 Å². The van der Waals surface area contributed by atoms with Crippen LogP contribution in [0.4, 0.5) is 5.69 Å². The molecule has 0 saturated heterocycles. The van der Waals surface area contributed by atoms with Gasteiger partial charge >= 0.3 is 5.97 Å². The number of amides is 1. The first kappa shape index (κ1) is 21.4. The molecule has 0 radical (unpaired) electrons. The summed E-state index contributed by atoms with van der Waals surface area (Å²) in [4.78, 5) is 25.3. The summed E-state index contributed by atoms with van der Waals surface area (Å²) in [6, 6.07) is 7.28. The minimum absolute atomic E-state index is 0.0408. The van der Waals surface area contributed by atoms with E-state index in [1.807, 2.05) is 13.8 Å². The zero-order valence-electron chi connectivity index (χ0n) is 14.9. The van der Waals surface area contributed by atoms with Crippen LogP contribution in [-0.2, 0) is 0 Å². The van der Waals surface area contributed by atoms with Gasteiger partial charge in [0.15, 0.2) is 0 Å². The summed E-state index contributed by atoms with van der Waals surface area (Å²) in [6.07, 6.45) is 0. The molecule has 1 amide bonds. The van der Waals surface area contributed by atoms with Crippen LogP contribution in [0.1, 0.15) is 34.6 Å². The Labute approximate surface area is 172 Å². The molecular weight excluding hydrogens is 413 g/mol. The van der Waals surface area contributed by atoms with Crippen LogP contribution in [0, 0.1) is 5.92 Å². The van der Waals surface area contributed by atoms with E-state index in [0.29, 0.717) is 18.3 Å². The Morgan fingerprint density at radius 2 is 1.67 bits per heavy atom. The van der Waals surface area contributed by atoms with Gasteiger partial charge in [-0.2, -0.15) is 0 Å². The fourth-order valence-corrected chi connectivity index (χ4v) is 3.25. The normalized spacial score (nSPS) is 10.8. The molecule has 0 fully saturated rings. The number of hydrogen-bond donors (Lipinski definition) is 1. The van der Waals surface area contributed by atoms with Gasteiger partial charge in [0.25, 0.3) is 5.91 Å². The lowest BCUT2D eigenvalue weighted by atomic mass is 10.1. The molecule has 0 heterocycles. The van der Waals surface area contributed by atoms with E-state index in [9.17, 15) is 9.59 Å². The predicted molar refractivity (Wildman–Crippen MR) is 108 cm³/mol. The van der Waals surface area contributed by atoms with Gasteiger partial charge < -0.3 is 14.7 Å². The Bertz CT molecular complexity index is 860. The molecule has 0 saturated carbocycles. The fraction of sp³-hybridized carbons (Fsp3) is 0.263. The van der Waals surface area contributed by atoms with Crippen LogP contribution >= 0.6 is 34.8 Å². The molecule has 1 N–H and O–H groups in total. The highest BCUT2D eigenvalue weighted by molar-refractivity contribution is 6.41. The second-order valence-electron chi connectivity index (χ2n) is 6.30. The maximum absolute atomic E-state index is 12.9. The standard InChI is InChI=1S/C19H18Cl3NO4/c1-10(2)9-27-12-4-5-14(20)13(8-12)18(24)23(3)17-15(21)6-11(19(25)26)7-16(17)22/h4-8,10H,9H2,1-3H3,(H,25,26). The lowest BCUT2D eigenvalue weighted by Crippen LogP contribution is -2.27. The largest absolute Gasteiger partial charge is 0.493 e. The van der Waals surface area contributed by atoms with Gasteiger partial charge in [-0.25, -0.2) is 4.79 Å². The van der Waals surface area contributed by atoms with E-state index >= 15 is 0 Å². The van der Waals surface area contributed by atoms with Crippen LogP contribution < -0.4 is 9.64 Å². The van der Waals surface area contributed by atoms with Crippen molar-refractivity contribution < 1.29 is 19.4 Å². The predicted octanol–water partition coefficient (Wildman–Crippen LogP) is 5.66. The van der Waals surface area contributed by atoms with E-state index in [1.54, 1.807) is 18.2 Å². The van der Waals surface area contributed by atoms with E-state index in [2.05, 4.69) is 0 Å². The van der Waals surface area contributed by atoms with Crippen LogP contribution in [0.3, 0.4) is 0 Å². The van der Waals surface area contributed by atoms with Crippen molar-refractivity contribution in [2.24, 2.45) is 5.92 Å². The minimum Gasteiger partial charge on any atom is -0.493 e. The first-order valence-corrected chi connectivity index (χ1v) is 9.18. The van der Waals surface area contributed by atoms with Gasteiger partial charge in [0.1, 0.15) is 5.75 Å². The Balaban J connectivity index is 2.38. The highest BCUT2D eigenvalue weighted by Crippen LogP contribution is 2.36. The lowest BCUT2D eigenvalue weighted by Gasteiger charge is -2.21. The van der Waals surface area contributed by atoms with Gasteiger partial charge in [-0.1, -0.05) is 48.7 Å². The summed E-state index contributed by atoms with van der Waals surface area (Å²) in [5.74, 6) is -0.782. The number of halogens is 3. The van der Waals surface area contributed by atoms with Crippen LogP contribution in [0.2, 0.25) is 15.1 Å². The molecule has 2 aromatic carbocycles. The van der Waals surface area contributed by atoms with Crippen molar-refractivity contribution in [3.05, 3.63) is 56.5 Å². The van der Waals surface area contributed by atoms with Crippen molar-refractivity contribution in [1.29, 1.82) is 0 Å². The molecule has 5 nitrogen and oxygen atoms in total. The molecule has 27 heavy (non-hydrogen) atoms. The number of anilines is 1. The Morgan fingerprint density at radius 3 is 2.19 bits per heavy atom. The summed E-state index contributed by atoms with van der Waals surface area (Å²) >= 11 is 18.5. The van der Waals surface area contributed by atoms with Crippen LogP contribution in [-0.4, -0.2) is 30.6 Å². The molecule has 0 aliphatic rings. The maximum Gasteiger partial charge on any atom is 0.335 e. The molecule has 0 unspecified atom stereocenters. The molecule has 0 atom stereocenters. The number of carboxylic acid groups (broad SMARTS) is 1. The average Bonchev–Trinajstić information content (AvgIpc) is 2.59. The summed E-state index contributed by atoms with van der Waals surface area (Å²) in [7, 11) is 1.48. The first-order valence-electron chi connectivity index (χ1n) is 8.04. The molecule has 0 aliphatic carbocycles. The van der Waals surface area contributed by atoms with Crippen molar-refractivity contribution in [2.75, 3.05) is 18.6 Å². The van der Waals surface area contributed by atoms with Crippen molar-refractivity contribution in [2.45, 2.75) is 13.8 Å². The van der Waals surface area contributed by atoms with Crippen molar-refractivity contribution in [1.82, 2.24) is 0 Å². The average molecular weight is 431 g/mol. The van der Waals surface area contributed by atoms with Crippen molar-refractivity contribution >= 4 is 52.4 Å². The third kappa shape index (κ3) is 5.06. The second kappa shape index (κ2) is 8.83. The van der Waals surface area contributed by atoms with E-state index < -0.39 is 11.9 Å². The highest BCUT2D eigenvalue weighted by atomic mass is 35.5. The number of nitrogens with zero attached hydrogens (tertiary/aromatic N) is 1. The fourth-order valence-electron chi connectivity index (χ4n) is 2.31. The molecule has 2 rings (SSSR count). The van der Waals surface area contributed by atoms with Gasteiger partial charge in [0.05, 0.1) is 38.5 Å². The number of benzene rings is 2. The first-order chi connectivity index (χ1) is 12.6. The molecule has 2 aromatic rings. The number of carboxylic acids is 1. The topological polar surface area (TPSA) is 66.8 Å². The van der Waals surface area contributed by atoms with Crippen LogP contribution in [0.15, 0.2) is 30.3 Å². The van der Waals surface area contributed by atoms with Gasteiger partial charge in [0, 0.05) is 7.05 Å². The maximum atomic E-state index is 12.9. The molecular formula is C19H18Cl3NO4. The number of ether oxygens (including phenoxy) is 1. The third-order valence-electron chi connectivity index (χ3n) is 3.66. The lowest BCUT2D eigenvalue weighted by molar-refractivity contribution is 0.0696. The minimum atomic E-state index is -1.17. The smallest absolute Gasteiger partial charge is 0.335 e. The second-order valence-corrected chi connectivity index (χ2v) is 7.53. The molecule has 0 aliphatic heterocycles. The van der Waals surface area contributed by atoms with Crippen molar-refractivity contribution in [3.8, 4) is 5.75 Å². The van der Waals surface area contributed by atoms with E-state index in [-0.39, 0.29) is 31.9 Å². The van der Waals surface area contributed by atoms with Crippen LogP contribution in [0.5, 0.6) is 5.75 Å². The molecule has 8 heteroatoms. The van der Waals surface area contributed by atoms with E-state index in [1.165, 1.54) is 24.1 Å². The highest BCUT2D eigenvalue weighted by Gasteiger charge is 2.23. The summed E-state index contributed by atoms with van der Waals surface area (Å²) < 4.78 is 5.64. The Kier molecular flexibility index (Phi) is 6.98. The monoisotopic (exact) mass is 429 g/mol. The van der Waals surface area contributed by atoms with Crippen LogP contribution in [0.25, 0.3) is 0 Å². The zero-order chi connectivity index (χ0) is 20.3. The third-order valence-corrected chi connectivity index (χ3v) is 4.56. The number of aromatic carboxylic acids is 1. The Morgan fingerprint density at radius 1 is 1.07 bits per heavy atom. The summed E-state index contributed by atoms with van der Waals surface area (Å²) in [5.41, 5.74) is 0.337. The number of rotatable bonds is 6. The summed E-state index contributed by atoms with van der Waals surface area (Å²) in [5, 5.41) is 9.41. The number of carbonyl (C=O) groups excluding carboxylic acids is 1. The molecule has 144 valence electrons. The van der Waals surface area contributed by atoms with Gasteiger partial charge in [-0.3, -0.25) is 4.79 Å². The molecule has 0 aromatic heterocycles. The Hall–Kier alpha value is -1.95.